The Balaban J connectivity index is 1.36. The number of hydrogen-bond acceptors (Lipinski definition) is 3. The third kappa shape index (κ3) is 6.41. The number of phenolic OH excluding ortho intramolecular Hbond substituents is 1. The maximum absolute atomic E-state index is 10.9. The number of aromatic hydroxyl groups is 1. The number of allylic oxidation sites excluding steroid dienone is 1. The summed E-state index contributed by atoms with van der Waals surface area (Å²) in [6.45, 7) is 17.8. The number of phenols is 1. The average molecular weight is 735 g/mol. The minimum atomic E-state index is -0.128. The summed E-state index contributed by atoms with van der Waals surface area (Å²) >= 11 is 0. The maximum atomic E-state index is 10.9. The summed E-state index contributed by atoms with van der Waals surface area (Å²) in [4.78, 5) is 10.3. The summed E-state index contributed by atoms with van der Waals surface area (Å²) in [5.74, 6) is 0.945. The molecule has 0 saturated heterocycles. The van der Waals surface area contributed by atoms with E-state index in [2.05, 4.69) is 168 Å². The Morgan fingerprint density at radius 1 is 0.661 bits per heavy atom. The van der Waals surface area contributed by atoms with Gasteiger partial charge in [0.2, 0.25) is 0 Å². The molecule has 3 aromatic heterocycles. The van der Waals surface area contributed by atoms with Gasteiger partial charge in [0.1, 0.15) is 11.6 Å². The van der Waals surface area contributed by atoms with Gasteiger partial charge in [0, 0.05) is 46.7 Å². The highest BCUT2D eigenvalue weighted by molar-refractivity contribution is 6.01. The number of nitrogens with zero attached hydrogens (tertiary/aromatic N) is 4. The summed E-state index contributed by atoms with van der Waals surface area (Å²) in [6, 6.07) is 40.5. The average Bonchev–Trinajstić information content (AvgIpc) is 3.67. The first-order valence-corrected chi connectivity index (χ1v) is 19.5. The van der Waals surface area contributed by atoms with Crippen molar-refractivity contribution >= 4 is 28.0 Å². The van der Waals surface area contributed by atoms with Crippen molar-refractivity contribution in [2.24, 2.45) is 7.05 Å². The number of benzene rings is 5. The molecule has 0 aliphatic heterocycles. The molecule has 5 nitrogen and oxygen atoms in total. The van der Waals surface area contributed by atoms with Crippen LogP contribution in [0.2, 0.25) is 0 Å². The molecule has 5 aromatic carbocycles. The Morgan fingerprint density at radius 2 is 1.34 bits per heavy atom. The van der Waals surface area contributed by atoms with Gasteiger partial charge < -0.3 is 14.2 Å². The van der Waals surface area contributed by atoms with E-state index >= 15 is 0 Å². The second-order valence-electron chi connectivity index (χ2n) is 17.0. The van der Waals surface area contributed by atoms with Gasteiger partial charge in [0.25, 0.3) is 0 Å². The molecule has 0 fully saturated rings. The highest BCUT2D eigenvalue weighted by Crippen LogP contribution is 2.42. The van der Waals surface area contributed by atoms with Crippen LogP contribution in [-0.4, -0.2) is 24.2 Å². The molecule has 0 bridgehead atoms. The van der Waals surface area contributed by atoms with E-state index in [0.29, 0.717) is 5.56 Å². The van der Waals surface area contributed by atoms with Gasteiger partial charge in [-0.15, -0.1) is 0 Å². The van der Waals surface area contributed by atoms with Crippen LogP contribution in [-0.2, 0) is 17.9 Å². The predicted octanol–water partition coefficient (Wildman–Crippen LogP) is 13.2. The minimum absolute atomic E-state index is 0.105. The number of aryl methyl sites for hydroxylation is 2. The van der Waals surface area contributed by atoms with Crippen LogP contribution in [0.25, 0.3) is 78.6 Å². The number of para-hydroxylation sites is 3. The molecule has 0 radical (unpaired) electrons. The maximum Gasteiger partial charge on any atom is 0.144 e. The van der Waals surface area contributed by atoms with Crippen molar-refractivity contribution in [2.45, 2.75) is 66.2 Å². The number of imidazole rings is 1. The van der Waals surface area contributed by atoms with Gasteiger partial charge in [0.05, 0.1) is 27.8 Å². The third-order valence-electron chi connectivity index (χ3n) is 11.1. The zero-order valence-electron chi connectivity index (χ0n) is 33.9. The van der Waals surface area contributed by atoms with E-state index in [9.17, 15) is 5.11 Å². The van der Waals surface area contributed by atoms with Crippen LogP contribution in [0.5, 0.6) is 5.75 Å². The van der Waals surface area contributed by atoms with Crippen molar-refractivity contribution in [3.63, 3.8) is 0 Å². The quantitative estimate of drug-likeness (QED) is 0.185. The molecule has 0 aliphatic rings. The molecule has 0 amide bonds. The van der Waals surface area contributed by atoms with Crippen LogP contribution in [0, 0.1) is 6.92 Å². The summed E-state index contributed by atoms with van der Waals surface area (Å²) < 4.78 is 4.50. The van der Waals surface area contributed by atoms with Gasteiger partial charge >= 0.3 is 0 Å². The number of fused-ring (bicyclic) bond motifs is 2. The van der Waals surface area contributed by atoms with Crippen molar-refractivity contribution in [3.8, 4) is 56.3 Å². The largest absolute Gasteiger partial charge is 0.507 e. The molecule has 0 atom stereocenters. The van der Waals surface area contributed by atoms with Gasteiger partial charge in [0.15, 0.2) is 0 Å². The van der Waals surface area contributed by atoms with E-state index in [-0.39, 0.29) is 16.6 Å². The molecule has 0 aliphatic carbocycles. The summed E-state index contributed by atoms with van der Waals surface area (Å²) in [5.41, 5.74) is 16.0. The van der Waals surface area contributed by atoms with E-state index in [0.717, 1.165) is 56.1 Å². The Morgan fingerprint density at radius 3 is 2.05 bits per heavy atom. The normalized spacial score (nSPS) is 12.4. The molecule has 8 aromatic rings. The first-order chi connectivity index (χ1) is 26.7. The Kier molecular flexibility index (Phi) is 9.08. The van der Waals surface area contributed by atoms with Crippen molar-refractivity contribution < 1.29 is 5.11 Å². The number of pyridine rings is 1. The summed E-state index contributed by atoms with van der Waals surface area (Å²) in [5, 5.41) is 12.1. The molecule has 0 unspecified atom stereocenters. The lowest BCUT2D eigenvalue weighted by Gasteiger charge is -2.23. The topological polar surface area (TPSA) is 55.9 Å². The van der Waals surface area contributed by atoms with E-state index < -0.39 is 0 Å². The SMILES string of the molecule is C/C=C\c1c(C)c2cccc(-c3ccnc(-c4cc(-c5cc(C(C)(C)C)cc6c5nc(-c5ccccc5O)n6C)cc(C(C)(C)C)c4)c3)c2n1-c1ccccc1. The highest BCUT2D eigenvalue weighted by Gasteiger charge is 2.24. The van der Waals surface area contributed by atoms with Crippen LogP contribution in [0.3, 0.4) is 0 Å². The fourth-order valence-electron chi connectivity index (χ4n) is 7.91. The van der Waals surface area contributed by atoms with Gasteiger partial charge in [-0.05, 0) is 119 Å². The van der Waals surface area contributed by atoms with E-state index in [1.807, 2.05) is 31.4 Å². The van der Waals surface area contributed by atoms with Gasteiger partial charge in [-0.1, -0.05) is 102 Å². The van der Waals surface area contributed by atoms with Gasteiger partial charge in [-0.25, -0.2) is 4.98 Å². The Labute approximate surface area is 330 Å². The van der Waals surface area contributed by atoms with Crippen LogP contribution in [0.4, 0.5) is 0 Å². The van der Waals surface area contributed by atoms with Crippen LogP contribution in [0.1, 0.15) is 70.9 Å². The summed E-state index contributed by atoms with van der Waals surface area (Å²) in [6.07, 6.45) is 6.27. The molecule has 8 rings (SSSR count). The van der Waals surface area contributed by atoms with Crippen LogP contribution in [0.15, 0.2) is 128 Å². The Bertz CT molecular complexity index is 2800. The molecule has 280 valence electrons. The summed E-state index contributed by atoms with van der Waals surface area (Å²) in [7, 11) is 2.04. The standard InChI is InChI=1S/C51H50N4O/c1-10-17-44-32(2)39-21-16-22-40(48(39)55(44)38-18-12-11-13-19-38)33-24-25-52-43(29-33)35-26-34(27-36(28-35)50(3,4)5)42-30-37(51(6,7)8)31-45-47(42)53-49(54(45)9)41-20-14-15-23-46(41)56/h10-31,56H,1-9H3/b17-10-. The van der Waals surface area contributed by atoms with Crippen molar-refractivity contribution in [2.75, 3.05) is 0 Å². The lowest BCUT2D eigenvalue weighted by molar-refractivity contribution is 0.476. The first-order valence-electron chi connectivity index (χ1n) is 19.5. The highest BCUT2D eigenvalue weighted by atomic mass is 16.3. The van der Waals surface area contributed by atoms with E-state index in [1.54, 1.807) is 6.07 Å². The number of hydrogen-bond donors (Lipinski definition) is 1. The predicted molar refractivity (Wildman–Crippen MR) is 236 cm³/mol. The second-order valence-corrected chi connectivity index (χ2v) is 17.0. The lowest BCUT2D eigenvalue weighted by Crippen LogP contribution is -2.12. The second kappa shape index (κ2) is 13.8. The third-order valence-corrected chi connectivity index (χ3v) is 11.1. The van der Waals surface area contributed by atoms with Crippen molar-refractivity contribution in [1.29, 1.82) is 0 Å². The molecule has 3 heterocycles. The number of aromatic nitrogens is 4. The van der Waals surface area contributed by atoms with Crippen LogP contribution < -0.4 is 0 Å². The molecule has 5 heteroatoms. The Hall–Kier alpha value is -6.20. The molecular weight excluding hydrogens is 685 g/mol. The molecule has 56 heavy (non-hydrogen) atoms. The molecule has 1 N–H and O–H groups in total. The van der Waals surface area contributed by atoms with E-state index in [4.69, 9.17) is 9.97 Å². The van der Waals surface area contributed by atoms with Crippen molar-refractivity contribution in [1.82, 2.24) is 19.1 Å². The molecular formula is C51H50N4O. The molecule has 0 spiro atoms. The van der Waals surface area contributed by atoms with Gasteiger partial charge in [-0.2, -0.15) is 0 Å². The van der Waals surface area contributed by atoms with Crippen LogP contribution >= 0.6 is 0 Å². The number of rotatable bonds is 6. The van der Waals surface area contributed by atoms with Crippen molar-refractivity contribution in [3.05, 3.63) is 150 Å². The monoisotopic (exact) mass is 734 g/mol. The molecule has 0 saturated carbocycles. The lowest BCUT2D eigenvalue weighted by atomic mass is 9.82. The fraction of sp³-hybridized carbons (Fsp3) is 0.216. The first kappa shape index (κ1) is 36.8. The smallest absolute Gasteiger partial charge is 0.144 e. The zero-order valence-corrected chi connectivity index (χ0v) is 33.9. The zero-order chi connectivity index (χ0) is 39.5. The fourth-order valence-corrected chi connectivity index (χ4v) is 7.91. The minimum Gasteiger partial charge on any atom is -0.507 e. The van der Waals surface area contributed by atoms with E-state index in [1.165, 1.54) is 33.3 Å². The van der Waals surface area contributed by atoms with Gasteiger partial charge in [-0.3, -0.25) is 4.98 Å².